The maximum Gasteiger partial charge on any atom is 0.0779 e. The van der Waals surface area contributed by atoms with Gasteiger partial charge >= 0.3 is 0 Å². The molecular weight excluding hydrogens is 298 g/mol. The molecule has 4 rings (SSSR count). The molecule has 1 saturated heterocycles. The lowest BCUT2D eigenvalue weighted by Gasteiger charge is -2.22. The van der Waals surface area contributed by atoms with Crippen LogP contribution in [-0.2, 0) is 6.42 Å². The molecule has 3 aromatic rings. The highest BCUT2D eigenvalue weighted by Gasteiger charge is 2.19. The largest absolute Gasteiger partial charge is 0.399 e. The van der Waals surface area contributed by atoms with Gasteiger partial charge in [0.2, 0.25) is 0 Å². The van der Waals surface area contributed by atoms with E-state index in [9.17, 15) is 0 Å². The number of pyridine rings is 2. The summed E-state index contributed by atoms with van der Waals surface area (Å²) in [6.45, 7) is 4.26. The lowest BCUT2D eigenvalue weighted by Crippen LogP contribution is -2.28. The van der Waals surface area contributed by atoms with Crippen LogP contribution in [0.25, 0.3) is 16.8 Å². The summed E-state index contributed by atoms with van der Waals surface area (Å²) in [6.07, 6.45) is 5.20. The molecule has 5 heteroatoms. The Morgan fingerprint density at radius 1 is 1.33 bits per heavy atom. The molecule has 3 N–H and O–H groups in total. The minimum Gasteiger partial charge on any atom is -0.399 e. The number of aryl methyl sites for hydroxylation is 1. The molecule has 0 aliphatic carbocycles. The first kappa shape index (κ1) is 15.1. The van der Waals surface area contributed by atoms with Crippen LogP contribution >= 0.6 is 0 Å². The van der Waals surface area contributed by atoms with Crippen LogP contribution in [0.5, 0.6) is 0 Å². The second-order valence-electron chi connectivity index (χ2n) is 6.46. The topological polar surface area (TPSA) is 68.2 Å². The van der Waals surface area contributed by atoms with Crippen molar-refractivity contribution in [3.63, 3.8) is 0 Å². The first-order chi connectivity index (χ1) is 11.8. The molecule has 1 unspecified atom stereocenters. The highest BCUT2D eigenvalue weighted by molar-refractivity contribution is 5.82. The Balaban J connectivity index is 1.83. The molecule has 1 aliphatic heterocycles. The molecule has 1 atom stereocenters. The highest BCUT2D eigenvalue weighted by Crippen LogP contribution is 2.30. The number of piperidine rings is 1. The Labute approximate surface area is 141 Å². The van der Waals surface area contributed by atoms with Crippen LogP contribution in [0, 0.1) is 0 Å². The molecule has 5 nitrogen and oxygen atoms in total. The minimum atomic E-state index is 0.496. The molecule has 0 spiro atoms. The summed E-state index contributed by atoms with van der Waals surface area (Å²) in [6, 6.07) is 10.2. The van der Waals surface area contributed by atoms with E-state index in [1.54, 1.807) is 0 Å². The smallest absolute Gasteiger partial charge is 0.0779 e. The number of rotatable bonds is 3. The Hall–Kier alpha value is -2.40. The molecule has 0 amide bonds. The van der Waals surface area contributed by atoms with Crippen molar-refractivity contribution >= 4 is 11.2 Å². The molecule has 0 radical (unpaired) electrons. The molecule has 24 heavy (non-hydrogen) atoms. The van der Waals surface area contributed by atoms with Crippen LogP contribution in [0.4, 0.5) is 5.69 Å². The third kappa shape index (κ3) is 2.65. The number of anilines is 1. The van der Waals surface area contributed by atoms with Crippen LogP contribution in [0.1, 0.15) is 37.1 Å². The van der Waals surface area contributed by atoms with Crippen LogP contribution in [-0.4, -0.2) is 27.7 Å². The second kappa shape index (κ2) is 6.24. The minimum absolute atomic E-state index is 0.496. The van der Waals surface area contributed by atoms with Crippen molar-refractivity contribution in [1.29, 1.82) is 0 Å². The monoisotopic (exact) mass is 321 g/mol. The molecule has 1 aliphatic rings. The number of nitrogen functional groups attached to an aromatic ring is 1. The summed E-state index contributed by atoms with van der Waals surface area (Å²) in [5.41, 5.74) is 12.1. The maximum absolute atomic E-state index is 6.00. The van der Waals surface area contributed by atoms with Crippen molar-refractivity contribution in [1.82, 2.24) is 19.9 Å². The highest BCUT2D eigenvalue weighted by atomic mass is 15.2. The summed E-state index contributed by atoms with van der Waals surface area (Å²) < 4.78 is 1.90. The third-order valence-electron chi connectivity index (χ3n) is 4.81. The first-order valence-electron chi connectivity index (χ1n) is 8.71. The van der Waals surface area contributed by atoms with E-state index in [0.29, 0.717) is 5.92 Å². The average molecular weight is 321 g/mol. The van der Waals surface area contributed by atoms with Gasteiger partial charge in [0.05, 0.1) is 16.9 Å². The molecule has 0 saturated carbocycles. The predicted octanol–water partition coefficient (Wildman–Crippen LogP) is 3.01. The van der Waals surface area contributed by atoms with E-state index in [1.165, 1.54) is 18.5 Å². The number of nitrogens with zero attached hydrogens (tertiary/aromatic N) is 3. The summed E-state index contributed by atoms with van der Waals surface area (Å²) in [7, 11) is 0. The Kier molecular flexibility index (Phi) is 3.94. The zero-order valence-corrected chi connectivity index (χ0v) is 14.0. The van der Waals surface area contributed by atoms with Gasteiger partial charge in [-0.05, 0) is 50.1 Å². The summed E-state index contributed by atoms with van der Waals surface area (Å²) >= 11 is 0. The number of fused-ring (bicyclic) bond motifs is 1. The quantitative estimate of drug-likeness (QED) is 0.778. The van der Waals surface area contributed by atoms with Gasteiger partial charge in [0.1, 0.15) is 0 Å². The summed E-state index contributed by atoms with van der Waals surface area (Å²) in [4.78, 5) is 4.99. The normalized spacial score (nSPS) is 18.1. The van der Waals surface area contributed by atoms with Gasteiger partial charge in [-0.1, -0.05) is 13.0 Å². The lowest BCUT2D eigenvalue weighted by atomic mass is 9.95. The molecular formula is C19H23N5. The fourth-order valence-corrected chi connectivity index (χ4v) is 3.56. The average Bonchev–Trinajstić information content (AvgIpc) is 3.00. The van der Waals surface area contributed by atoms with Crippen molar-refractivity contribution in [2.75, 3.05) is 18.8 Å². The van der Waals surface area contributed by atoms with Crippen LogP contribution in [0.3, 0.4) is 0 Å². The van der Waals surface area contributed by atoms with Crippen LogP contribution in [0.2, 0.25) is 0 Å². The van der Waals surface area contributed by atoms with Gasteiger partial charge in [-0.25, -0.2) is 4.52 Å². The van der Waals surface area contributed by atoms with E-state index >= 15 is 0 Å². The zero-order valence-electron chi connectivity index (χ0n) is 14.0. The van der Waals surface area contributed by atoms with E-state index < -0.39 is 0 Å². The van der Waals surface area contributed by atoms with Crippen LogP contribution < -0.4 is 11.1 Å². The number of hydrogen-bond donors (Lipinski definition) is 2. The van der Waals surface area contributed by atoms with Gasteiger partial charge in [0.15, 0.2) is 0 Å². The van der Waals surface area contributed by atoms with Crippen molar-refractivity contribution in [2.24, 2.45) is 0 Å². The second-order valence-corrected chi connectivity index (χ2v) is 6.46. The summed E-state index contributed by atoms with van der Waals surface area (Å²) in [5.74, 6) is 0.496. The Bertz CT molecular complexity index is 861. The van der Waals surface area contributed by atoms with Gasteiger partial charge in [-0.3, -0.25) is 4.98 Å². The fraction of sp³-hybridized carbons (Fsp3) is 0.368. The van der Waals surface area contributed by atoms with Crippen molar-refractivity contribution < 1.29 is 0 Å². The van der Waals surface area contributed by atoms with E-state index in [-0.39, 0.29) is 0 Å². The number of hydrogen-bond acceptors (Lipinski definition) is 4. The van der Waals surface area contributed by atoms with Crippen molar-refractivity contribution in [3.8, 4) is 11.3 Å². The number of nitrogens with one attached hydrogen (secondary N) is 1. The molecule has 124 valence electrons. The third-order valence-corrected chi connectivity index (χ3v) is 4.81. The molecule has 4 heterocycles. The standard InChI is InChI=1S/C19H23N5/c1-2-15-19(18-11-14(20)8-10-24(18)23-15)17-7-3-6-16(22-17)13-5-4-9-21-12-13/h3,6-8,10-11,13,21H,2,4-5,9,12,20H2,1H3. The van der Waals surface area contributed by atoms with E-state index in [4.69, 9.17) is 15.8 Å². The fourth-order valence-electron chi connectivity index (χ4n) is 3.56. The number of aromatic nitrogens is 3. The first-order valence-corrected chi connectivity index (χ1v) is 8.71. The zero-order chi connectivity index (χ0) is 16.5. The number of nitrogens with two attached hydrogens (primary N) is 1. The van der Waals surface area contributed by atoms with Gasteiger partial charge in [-0.2, -0.15) is 5.10 Å². The maximum atomic E-state index is 6.00. The van der Waals surface area contributed by atoms with Gasteiger partial charge < -0.3 is 11.1 Å². The summed E-state index contributed by atoms with van der Waals surface area (Å²) in [5, 5.41) is 8.17. The SMILES string of the molecule is CCc1nn2ccc(N)cc2c1-c1cccc(C2CCCNC2)n1. The van der Waals surface area contributed by atoms with Crippen molar-refractivity contribution in [2.45, 2.75) is 32.1 Å². The van der Waals surface area contributed by atoms with Gasteiger partial charge in [0.25, 0.3) is 0 Å². The predicted molar refractivity (Wildman–Crippen MR) is 97.1 cm³/mol. The molecule has 0 bridgehead atoms. The molecule has 0 aromatic carbocycles. The van der Waals surface area contributed by atoms with E-state index in [0.717, 1.165) is 47.7 Å². The van der Waals surface area contributed by atoms with Crippen LogP contribution in [0.15, 0.2) is 36.5 Å². The lowest BCUT2D eigenvalue weighted by molar-refractivity contribution is 0.455. The van der Waals surface area contributed by atoms with E-state index in [1.807, 2.05) is 22.8 Å². The Morgan fingerprint density at radius 3 is 3.04 bits per heavy atom. The van der Waals surface area contributed by atoms with Gasteiger partial charge in [0, 0.05) is 35.6 Å². The van der Waals surface area contributed by atoms with Gasteiger partial charge in [-0.15, -0.1) is 0 Å². The Morgan fingerprint density at radius 2 is 2.25 bits per heavy atom. The van der Waals surface area contributed by atoms with Crippen molar-refractivity contribution in [3.05, 3.63) is 47.9 Å². The molecule has 1 fully saturated rings. The molecule has 3 aromatic heterocycles. The van der Waals surface area contributed by atoms with E-state index in [2.05, 4.69) is 30.4 Å².